The Kier molecular flexibility index (Phi) is 2.54. The van der Waals surface area contributed by atoms with E-state index < -0.39 is 0 Å². The molecule has 0 aromatic carbocycles. The number of hydrogen-bond donors (Lipinski definition) is 1. The van der Waals surface area contributed by atoms with E-state index in [9.17, 15) is 4.79 Å². The van der Waals surface area contributed by atoms with Crippen molar-refractivity contribution in [2.75, 3.05) is 5.73 Å². The van der Waals surface area contributed by atoms with Gasteiger partial charge in [-0.3, -0.25) is 4.79 Å². The summed E-state index contributed by atoms with van der Waals surface area (Å²) in [5.74, 6) is 1.72. The van der Waals surface area contributed by atoms with Gasteiger partial charge in [-0.1, -0.05) is 12.8 Å². The molecule has 0 aliphatic heterocycles. The van der Waals surface area contributed by atoms with Crippen molar-refractivity contribution >= 4 is 22.5 Å². The summed E-state index contributed by atoms with van der Waals surface area (Å²) in [5, 5.41) is 0.731. The van der Waals surface area contributed by atoms with E-state index in [0.717, 1.165) is 24.0 Å². The maximum Gasteiger partial charge on any atom is 0.197 e. The van der Waals surface area contributed by atoms with Crippen molar-refractivity contribution in [3.63, 3.8) is 0 Å². The number of aromatic nitrogens is 2. The summed E-state index contributed by atoms with van der Waals surface area (Å²) in [5.41, 5.74) is 6.47. The van der Waals surface area contributed by atoms with Crippen LogP contribution in [0.4, 0.5) is 5.82 Å². The van der Waals surface area contributed by atoms with E-state index in [1.807, 2.05) is 0 Å². The number of rotatable bonds is 2. The number of carbonyl (C=O) groups excluding carboxylic acids is 1. The van der Waals surface area contributed by atoms with Gasteiger partial charge >= 0.3 is 0 Å². The minimum absolute atomic E-state index is 0.123. The molecule has 1 aliphatic rings. The predicted octanol–water partition coefficient (Wildman–Crippen LogP) is 2.67. The summed E-state index contributed by atoms with van der Waals surface area (Å²) in [6.07, 6.45) is 5.91. The first kappa shape index (κ1) is 11.2. The Morgan fingerprint density at radius 3 is 2.78 bits per heavy atom. The van der Waals surface area contributed by atoms with Gasteiger partial charge in [0.15, 0.2) is 11.5 Å². The maximum absolute atomic E-state index is 11.6. The fourth-order valence-corrected chi connectivity index (χ4v) is 2.74. The zero-order valence-electron chi connectivity index (χ0n) is 10.3. The second-order valence-electron chi connectivity index (χ2n) is 4.82. The van der Waals surface area contributed by atoms with Crippen molar-refractivity contribution in [3.05, 3.63) is 17.8 Å². The van der Waals surface area contributed by atoms with Gasteiger partial charge in [0.25, 0.3) is 0 Å². The quantitative estimate of drug-likeness (QED) is 0.822. The minimum Gasteiger partial charge on any atom is -0.455 e. The van der Waals surface area contributed by atoms with Crippen molar-refractivity contribution in [2.45, 2.75) is 38.5 Å². The molecule has 0 atom stereocenters. The number of fused-ring (bicyclic) bond motifs is 1. The van der Waals surface area contributed by atoms with E-state index in [2.05, 4.69) is 9.97 Å². The standard InChI is InChI=1S/C13H15N3O2/c1-7(17)11-10-9(13(14)16-6-15-10)12(18-11)8-4-2-3-5-8/h6,8H,2-5H2,1H3,(H2,14,15,16). The van der Waals surface area contributed by atoms with E-state index in [1.165, 1.54) is 26.1 Å². The smallest absolute Gasteiger partial charge is 0.197 e. The van der Waals surface area contributed by atoms with Crippen molar-refractivity contribution in [1.82, 2.24) is 9.97 Å². The Labute approximate surface area is 104 Å². The summed E-state index contributed by atoms with van der Waals surface area (Å²) in [7, 11) is 0. The molecule has 0 unspecified atom stereocenters. The molecule has 18 heavy (non-hydrogen) atoms. The molecule has 0 saturated heterocycles. The van der Waals surface area contributed by atoms with E-state index in [-0.39, 0.29) is 5.78 Å². The molecule has 3 rings (SSSR count). The van der Waals surface area contributed by atoms with E-state index in [4.69, 9.17) is 10.2 Å². The lowest BCUT2D eigenvalue weighted by Gasteiger charge is -2.05. The van der Waals surface area contributed by atoms with Crippen LogP contribution in [0, 0.1) is 0 Å². The van der Waals surface area contributed by atoms with Crippen molar-refractivity contribution in [3.8, 4) is 0 Å². The molecule has 2 aromatic heterocycles. The van der Waals surface area contributed by atoms with Crippen molar-refractivity contribution in [2.24, 2.45) is 0 Å². The highest BCUT2D eigenvalue weighted by Crippen LogP contribution is 2.41. The van der Waals surface area contributed by atoms with E-state index in [0.29, 0.717) is 23.0 Å². The number of furan rings is 1. The van der Waals surface area contributed by atoms with Crippen molar-refractivity contribution < 1.29 is 9.21 Å². The number of hydrogen-bond acceptors (Lipinski definition) is 5. The average molecular weight is 245 g/mol. The predicted molar refractivity (Wildman–Crippen MR) is 67.4 cm³/mol. The van der Waals surface area contributed by atoms with Crippen LogP contribution in [-0.4, -0.2) is 15.8 Å². The largest absolute Gasteiger partial charge is 0.455 e. The summed E-state index contributed by atoms with van der Waals surface area (Å²) in [6.45, 7) is 1.48. The Bertz CT molecular complexity index is 612. The molecule has 1 saturated carbocycles. The average Bonchev–Trinajstić information content (AvgIpc) is 2.95. The summed E-state index contributed by atoms with van der Waals surface area (Å²) in [4.78, 5) is 19.8. The normalized spacial score (nSPS) is 16.5. The van der Waals surface area contributed by atoms with Gasteiger partial charge < -0.3 is 10.2 Å². The number of nitrogen functional groups attached to an aromatic ring is 1. The van der Waals surface area contributed by atoms with Crippen LogP contribution in [0.3, 0.4) is 0 Å². The Balaban J connectivity index is 2.27. The molecule has 0 bridgehead atoms. The molecule has 1 fully saturated rings. The van der Waals surface area contributed by atoms with Gasteiger partial charge in [-0.2, -0.15) is 0 Å². The second-order valence-corrected chi connectivity index (χ2v) is 4.82. The van der Waals surface area contributed by atoms with E-state index in [1.54, 1.807) is 0 Å². The zero-order valence-corrected chi connectivity index (χ0v) is 10.3. The highest BCUT2D eigenvalue weighted by atomic mass is 16.3. The Hall–Kier alpha value is -1.91. The van der Waals surface area contributed by atoms with E-state index >= 15 is 0 Å². The third-order valence-electron chi connectivity index (χ3n) is 3.60. The lowest BCUT2D eigenvalue weighted by atomic mass is 10.0. The molecule has 1 aliphatic carbocycles. The summed E-state index contributed by atoms with van der Waals surface area (Å²) >= 11 is 0. The monoisotopic (exact) mass is 245 g/mol. The van der Waals surface area contributed by atoms with Gasteiger partial charge in [-0.25, -0.2) is 9.97 Å². The SMILES string of the molecule is CC(=O)c1oc(C2CCCC2)c2c(N)ncnc12. The lowest BCUT2D eigenvalue weighted by Crippen LogP contribution is -1.96. The molecular weight excluding hydrogens is 230 g/mol. The highest BCUT2D eigenvalue weighted by Gasteiger charge is 2.28. The van der Waals surface area contributed by atoms with Crippen LogP contribution in [0.25, 0.3) is 10.9 Å². The van der Waals surface area contributed by atoms with Gasteiger partial charge in [0.1, 0.15) is 23.4 Å². The van der Waals surface area contributed by atoms with Gasteiger partial charge in [-0.05, 0) is 12.8 Å². The molecule has 2 heterocycles. The molecule has 0 spiro atoms. The van der Waals surface area contributed by atoms with Crippen LogP contribution in [0.1, 0.15) is 54.8 Å². The molecule has 5 heteroatoms. The summed E-state index contributed by atoms with van der Waals surface area (Å²) in [6, 6.07) is 0. The highest BCUT2D eigenvalue weighted by molar-refractivity contribution is 6.06. The third kappa shape index (κ3) is 1.58. The number of anilines is 1. The number of ketones is 1. The molecule has 2 N–H and O–H groups in total. The first-order chi connectivity index (χ1) is 8.68. The maximum atomic E-state index is 11.6. The number of carbonyl (C=O) groups is 1. The molecule has 0 amide bonds. The first-order valence-electron chi connectivity index (χ1n) is 6.22. The van der Waals surface area contributed by atoms with Gasteiger partial charge in [0, 0.05) is 12.8 Å². The minimum atomic E-state index is -0.123. The van der Waals surface area contributed by atoms with Gasteiger partial charge in [-0.15, -0.1) is 0 Å². The van der Waals surface area contributed by atoms with Crippen molar-refractivity contribution in [1.29, 1.82) is 0 Å². The Morgan fingerprint density at radius 2 is 2.11 bits per heavy atom. The Morgan fingerprint density at radius 1 is 1.39 bits per heavy atom. The number of nitrogens with zero attached hydrogens (tertiary/aromatic N) is 2. The number of Topliss-reactive ketones (excluding diaryl/α,β-unsaturated/α-hetero) is 1. The molecular formula is C13H15N3O2. The first-order valence-corrected chi connectivity index (χ1v) is 6.22. The van der Waals surface area contributed by atoms with Crippen LogP contribution in [0.5, 0.6) is 0 Å². The van der Waals surface area contributed by atoms with Crippen LogP contribution in [-0.2, 0) is 0 Å². The van der Waals surface area contributed by atoms with Gasteiger partial charge in [0.2, 0.25) is 0 Å². The zero-order chi connectivity index (χ0) is 12.7. The fourth-order valence-electron chi connectivity index (χ4n) is 2.74. The van der Waals surface area contributed by atoms with Crippen LogP contribution >= 0.6 is 0 Å². The topological polar surface area (TPSA) is 82.0 Å². The third-order valence-corrected chi connectivity index (χ3v) is 3.60. The molecule has 94 valence electrons. The molecule has 2 aromatic rings. The summed E-state index contributed by atoms with van der Waals surface area (Å²) < 4.78 is 5.76. The van der Waals surface area contributed by atoms with Crippen LogP contribution in [0.15, 0.2) is 10.7 Å². The fraction of sp³-hybridized carbons (Fsp3) is 0.462. The lowest BCUT2D eigenvalue weighted by molar-refractivity contribution is 0.0986. The second kappa shape index (κ2) is 4.08. The molecule has 0 radical (unpaired) electrons. The van der Waals surface area contributed by atoms with Crippen LogP contribution in [0.2, 0.25) is 0 Å². The molecule has 5 nitrogen and oxygen atoms in total. The van der Waals surface area contributed by atoms with Crippen LogP contribution < -0.4 is 5.73 Å². The van der Waals surface area contributed by atoms with Gasteiger partial charge in [0.05, 0.1) is 5.39 Å². The number of nitrogens with two attached hydrogens (primary N) is 1.